The van der Waals surface area contributed by atoms with E-state index in [1.165, 1.54) is 7.11 Å². The molecule has 4 rings (SSSR count). The largest absolute Gasteiger partial charge is 0.493 e. The van der Waals surface area contributed by atoms with Crippen LogP contribution in [0.2, 0.25) is 0 Å². The molecule has 0 aromatic heterocycles. The number of hydrogen-bond donors (Lipinski definition) is 0. The molecule has 0 saturated carbocycles. The fourth-order valence-electron chi connectivity index (χ4n) is 4.27. The molecule has 1 heterocycles. The van der Waals surface area contributed by atoms with Crippen molar-refractivity contribution in [3.05, 3.63) is 82.9 Å². The highest BCUT2D eigenvalue weighted by Crippen LogP contribution is 2.43. The predicted octanol–water partition coefficient (Wildman–Crippen LogP) is 4.68. The van der Waals surface area contributed by atoms with Gasteiger partial charge in [-0.3, -0.25) is 4.79 Å². The van der Waals surface area contributed by atoms with E-state index < -0.39 is 0 Å². The van der Waals surface area contributed by atoms with Crippen molar-refractivity contribution in [2.24, 2.45) is 4.99 Å². The number of amidine groups is 1. The zero-order valence-corrected chi connectivity index (χ0v) is 20.0. The quantitative estimate of drug-likeness (QED) is 0.477. The third-order valence-corrected chi connectivity index (χ3v) is 5.85. The lowest BCUT2D eigenvalue weighted by atomic mass is 9.91. The monoisotopic (exact) mass is 460 g/mol. The van der Waals surface area contributed by atoms with Gasteiger partial charge in [0.05, 0.1) is 40.2 Å². The Bertz CT molecular complexity index is 1200. The molecular formula is C27H28N2O5. The van der Waals surface area contributed by atoms with Crippen LogP contribution in [-0.4, -0.2) is 51.7 Å². The number of fused-ring (bicyclic) bond motifs is 1. The molecule has 0 bridgehead atoms. The second kappa shape index (κ2) is 9.87. The Balaban J connectivity index is 1.98. The molecular weight excluding hydrogens is 432 g/mol. The van der Waals surface area contributed by atoms with Crippen molar-refractivity contribution < 1.29 is 23.7 Å². The summed E-state index contributed by atoms with van der Waals surface area (Å²) in [5.41, 5.74) is 4.74. The molecule has 1 aliphatic heterocycles. The summed E-state index contributed by atoms with van der Waals surface area (Å²) in [5.74, 6) is 1.74. The second-order valence-electron chi connectivity index (χ2n) is 7.93. The number of hydrogen-bond acceptors (Lipinski definition) is 7. The van der Waals surface area contributed by atoms with E-state index in [-0.39, 0.29) is 18.6 Å². The first kappa shape index (κ1) is 23.2. The van der Waals surface area contributed by atoms with Gasteiger partial charge in [0.2, 0.25) is 5.75 Å². The van der Waals surface area contributed by atoms with Gasteiger partial charge in [-0.15, -0.1) is 0 Å². The van der Waals surface area contributed by atoms with Crippen LogP contribution in [0.15, 0.2) is 65.7 Å². The van der Waals surface area contributed by atoms with Gasteiger partial charge in [-0.05, 0) is 30.7 Å². The van der Waals surface area contributed by atoms with E-state index in [2.05, 4.69) is 18.2 Å². The number of methoxy groups -OCH3 is 4. The summed E-state index contributed by atoms with van der Waals surface area (Å²) in [4.78, 5) is 19.5. The van der Waals surface area contributed by atoms with Crippen LogP contribution in [0.4, 0.5) is 5.69 Å². The molecule has 3 aromatic carbocycles. The van der Waals surface area contributed by atoms with Gasteiger partial charge in [0.25, 0.3) is 0 Å². The average Bonchev–Trinajstić information content (AvgIpc) is 2.87. The standard InChI is InChI=1S/C27H28N2O5/c1-17-11-12-21-20(13-17)25(18-9-7-6-8-10-18)29(16-24(30)33-4)27(28-21)19-14-22(31-2)26(34-5)23(15-19)32-3/h6-15,25H,16H2,1-5H3/t25-/m0/s1. The third-order valence-electron chi connectivity index (χ3n) is 5.85. The van der Waals surface area contributed by atoms with Crippen LogP contribution in [0.1, 0.15) is 28.3 Å². The van der Waals surface area contributed by atoms with Crippen molar-refractivity contribution in [1.29, 1.82) is 0 Å². The zero-order valence-electron chi connectivity index (χ0n) is 20.0. The Kier molecular flexibility index (Phi) is 6.72. The van der Waals surface area contributed by atoms with Crippen molar-refractivity contribution >= 4 is 17.5 Å². The molecule has 0 spiro atoms. The van der Waals surface area contributed by atoms with Gasteiger partial charge >= 0.3 is 5.97 Å². The van der Waals surface area contributed by atoms with Gasteiger partial charge in [-0.1, -0.05) is 48.0 Å². The van der Waals surface area contributed by atoms with Crippen molar-refractivity contribution in [2.45, 2.75) is 13.0 Å². The number of esters is 1. The summed E-state index contributed by atoms with van der Waals surface area (Å²) < 4.78 is 21.7. The number of aryl methyl sites for hydroxylation is 1. The highest BCUT2D eigenvalue weighted by atomic mass is 16.5. The van der Waals surface area contributed by atoms with Crippen molar-refractivity contribution in [3.8, 4) is 17.2 Å². The Morgan fingerprint density at radius 1 is 0.912 bits per heavy atom. The summed E-state index contributed by atoms with van der Waals surface area (Å²) in [7, 11) is 6.09. The molecule has 0 N–H and O–H groups in total. The second-order valence-corrected chi connectivity index (χ2v) is 7.93. The summed E-state index contributed by atoms with van der Waals surface area (Å²) >= 11 is 0. The number of carbonyl (C=O) groups is 1. The van der Waals surface area contributed by atoms with Crippen LogP contribution < -0.4 is 14.2 Å². The van der Waals surface area contributed by atoms with E-state index in [0.29, 0.717) is 23.1 Å². The highest BCUT2D eigenvalue weighted by Gasteiger charge is 2.34. The van der Waals surface area contributed by atoms with Crippen LogP contribution >= 0.6 is 0 Å². The van der Waals surface area contributed by atoms with Crippen LogP contribution in [0, 0.1) is 6.92 Å². The first-order valence-electron chi connectivity index (χ1n) is 10.9. The number of aliphatic imine (C=N–C) groups is 1. The molecule has 7 nitrogen and oxygen atoms in total. The molecule has 0 saturated heterocycles. The lowest BCUT2D eigenvalue weighted by Crippen LogP contribution is -2.42. The van der Waals surface area contributed by atoms with Crippen LogP contribution in [0.5, 0.6) is 17.2 Å². The summed E-state index contributed by atoms with van der Waals surface area (Å²) in [5, 5.41) is 0. The highest BCUT2D eigenvalue weighted by molar-refractivity contribution is 6.04. The molecule has 1 atom stereocenters. The van der Waals surface area contributed by atoms with Gasteiger partial charge in [0, 0.05) is 11.1 Å². The molecule has 0 aliphatic carbocycles. The van der Waals surface area contributed by atoms with Gasteiger partial charge in [0.15, 0.2) is 11.5 Å². The topological polar surface area (TPSA) is 69.6 Å². The van der Waals surface area contributed by atoms with E-state index in [4.69, 9.17) is 23.9 Å². The molecule has 0 unspecified atom stereocenters. The Hall–Kier alpha value is -4.00. The van der Waals surface area contributed by atoms with Crippen molar-refractivity contribution in [2.75, 3.05) is 35.0 Å². The van der Waals surface area contributed by atoms with Crippen LogP contribution in [0.3, 0.4) is 0 Å². The summed E-state index contributed by atoms with van der Waals surface area (Å²) in [6.07, 6.45) is 0. The molecule has 0 radical (unpaired) electrons. The minimum Gasteiger partial charge on any atom is -0.493 e. The fraction of sp³-hybridized carbons (Fsp3) is 0.259. The smallest absolute Gasteiger partial charge is 0.325 e. The first-order valence-corrected chi connectivity index (χ1v) is 10.9. The number of nitrogens with zero attached hydrogens (tertiary/aromatic N) is 2. The number of carbonyl (C=O) groups excluding carboxylic acids is 1. The average molecular weight is 461 g/mol. The fourth-order valence-corrected chi connectivity index (χ4v) is 4.27. The van der Waals surface area contributed by atoms with Gasteiger partial charge < -0.3 is 23.8 Å². The first-order chi connectivity index (χ1) is 16.5. The lowest BCUT2D eigenvalue weighted by Gasteiger charge is -2.38. The summed E-state index contributed by atoms with van der Waals surface area (Å²) in [6.45, 7) is 2.06. The number of rotatable bonds is 7. The minimum absolute atomic E-state index is 0.0128. The van der Waals surface area contributed by atoms with E-state index in [1.807, 2.05) is 54.3 Å². The Morgan fingerprint density at radius 3 is 2.18 bits per heavy atom. The SMILES string of the molecule is COC(=O)CN1C(c2cc(OC)c(OC)c(OC)c2)=Nc2ccc(C)cc2[C@@H]1c1ccccc1. The van der Waals surface area contributed by atoms with E-state index in [1.54, 1.807) is 21.3 Å². The van der Waals surface area contributed by atoms with Crippen molar-refractivity contribution in [1.82, 2.24) is 4.90 Å². The maximum Gasteiger partial charge on any atom is 0.325 e. The molecule has 7 heteroatoms. The molecule has 0 amide bonds. The molecule has 34 heavy (non-hydrogen) atoms. The van der Waals surface area contributed by atoms with Crippen LogP contribution in [0.25, 0.3) is 0 Å². The zero-order chi connectivity index (χ0) is 24.2. The summed E-state index contributed by atoms with van der Waals surface area (Å²) in [6, 6.07) is 19.7. The number of benzene rings is 3. The van der Waals surface area contributed by atoms with E-state index in [9.17, 15) is 4.79 Å². The molecule has 3 aromatic rings. The van der Waals surface area contributed by atoms with Gasteiger partial charge in [-0.25, -0.2) is 4.99 Å². The van der Waals surface area contributed by atoms with Gasteiger partial charge in [-0.2, -0.15) is 0 Å². The Labute approximate surface area is 199 Å². The number of ether oxygens (including phenoxy) is 4. The maximum absolute atomic E-state index is 12.6. The maximum atomic E-state index is 12.6. The van der Waals surface area contributed by atoms with E-state index in [0.717, 1.165) is 27.9 Å². The predicted molar refractivity (Wildman–Crippen MR) is 130 cm³/mol. The molecule has 176 valence electrons. The minimum atomic E-state index is -0.364. The van der Waals surface area contributed by atoms with Crippen LogP contribution in [-0.2, 0) is 9.53 Å². The Morgan fingerprint density at radius 2 is 1.59 bits per heavy atom. The van der Waals surface area contributed by atoms with Gasteiger partial charge in [0.1, 0.15) is 12.4 Å². The van der Waals surface area contributed by atoms with Crippen molar-refractivity contribution in [3.63, 3.8) is 0 Å². The molecule has 1 aliphatic rings. The lowest BCUT2D eigenvalue weighted by molar-refractivity contribution is -0.141. The van der Waals surface area contributed by atoms with E-state index >= 15 is 0 Å². The third kappa shape index (κ3) is 4.29. The molecule has 0 fully saturated rings. The normalized spacial score (nSPS) is 14.7.